The average molecular weight is 252 g/mol. The van der Waals surface area contributed by atoms with Crippen molar-refractivity contribution in [3.05, 3.63) is 0 Å². The molecule has 0 bridgehead atoms. The van der Waals surface area contributed by atoms with Gasteiger partial charge >= 0.3 is 0 Å². The third-order valence-corrected chi connectivity index (χ3v) is 4.82. The minimum atomic E-state index is 0.282. The Morgan fingerprint density at radius 2 is 2.06 bits per heavy atom. The minimum absolute atomic E-state index is 0.282. The molecular weight excluding hydrogens is 224 g/mol. The van der Waals surface area contributed by atoms with E-state index < -0.39 is 0 Å². The number of Topliss-reactive ketones (excluding diaryl/α,β-unsaturated/α-hetero) is 1. The van der Waals surface area contributed by atoms with E-state index in [0.717, 1.165) is 45.4 Å². The average Bonchev–Trinajstić information content (AvgIpc) is 2.28. The predicted molar refractivity (Wildman–Crippen MR) is 74.7 cm³/mol. The Labute approximate surface area is 112 Å². The number of ketones is 1. The maximum absolute atomic E-state index is 12.1. The van der Waals surface area contributed by atoms with Crippen molar-refractivity contribution in [2.45, 2.75) is 46.1 Å². The lowest BCUT2D eigenvalue weighted by Crippen LogP contribution is -2.52. The summed E-state index contributed by atoms with van der Waals surface area (Å²) in [6.07, 6.45) is 2.94. The first kappa shape index (κ1) is 14.0. The van der Waals surface area contributed by atoms with Gasteiger partial charge in [0.1, 0.15) is 5.78 Å². The second-order valence-electron chi connectivity index (χ2n) is 7.12. The van der Waals surface area contributed by atoms with Gasteiger partial charge in [0.05, 0.1) is 0 Å². The normalized spacial score (nSPS) is 34.8. The molecule has 3 nitrogen and oxygen atoms in total. The molecule has 2 atom stereocenters. The number of carbonyl (C=O) groups excluding carboxylic acids is 1. The Bertz CT molecular complexity index is 314. The van der Waals surface area contributed by atoms with Crippen molar-refractivity contribution in [1.29, 1.82) is 0 Å². The molecule has 0 spiro atoms. The molecular formula is C15H28N2O. The van der Waals surface area contributed by atoms with Gasteiger partial charge in [-0.25, -0.2) is 0 Å². The van der Waals surface area contributed by atoms with Crippen molar-refractivity contribution in [3.63, 3.8) is 0 Å². The number of hydrogen-bond acceptors (Lipinski definition) is 3. The van der Waals surface area contributed by atoms with Gasteiger partial charge < -0.3 is 4.90 Å². The van der Waals surface area contributed by atoms with Crippen LogP contribution in [-0.4, -0.2) is 54.9 Å². The number of carbonyl (C=O) groups is 1. The summed E-state index contributed by atoms with van der Waals surface area (Å²) in [6.45, 7) is 11.2. The molecule has 0 aromatic carbocycles. The molecule has 0 N–H and O–H groups in total. The van der Waals surface area contributed by atoms with Crippen molar-refractivity contribution < 1.29 is 4.79 Å². The maximum atomic E-state index is 12.1. The van der Waals surface area contributed by atoms with E-state index in [9.17, 15) is 4.79 Å². The largest absolute Gasteiger partial charge is 0.301 e. The van der Waals surface area contributed by atoms with Crippen LogP contribution in [0.1, 0.15) is 40.0 Å². The summed E-state index contributed by atoms with van der Waals surface area (Å²) in [4.78, 5) is 17.0. The van der Waals surface area contributed by atoms with Crippen molar-refractivity contribution in [3.8, 4) is 0 Å². The highest BCUT2D eigenvalue weighted by atomic mass is 16.1. The smallest absolute Gasteiger partial charge is 0.137 e. The van der Waals surface area contributed by atoms with Crippen LogP contribution >= 0.6 is 0 Å². The number of nitrogens with zero attached hydrogens (tertiary/aromatic N) is 2. The van der Waals surface area contributed by atoms with E-state index in [0.29, 0.717) is 17.2 Å². The molecule has 2 fully saturated rings. The first-order chi connectivity index (χ1) is 8.37. The van der Waals surface area contributed by atoms with E-state index in [1.807, 2.05) is 0 Å². The molecule has 1 saturated heterocycles. The Balaban J connectivity index is 1.90. The fourth-order valence-electron chi connectivity index (χ4n) is 3.32. The summed E-state index contributed by atoms with van der Waals surface area (Å²) in [6, 6.07) is 0.616. The molecule has 1 heterocycles. The van der Waals surface area contributed by atoms with Gasteiger partial charge in [-0.1, -0.05) is 13.8 Å². The van der Waals surface area contributed by atoms with Crippen LogP contribution in [0.5, 0.6) is 0 Å². The summed E-state index contributed by atoms with van der Waals surface area (Å²) in [5.41, 5.74) is 0.358. The lowest BCUT2D eigenvalue weighted by atomic mass is 9.71. The highest BCUT2D eigenvalue weighted by Crippen LogP contribution is 2.37. The molecule has 2 rings (SSSR count). The Kier molecular flexibility index (Phi) is 4.12. The van der Waals surface area contributed by atoms with Crippen LogP contribution in [0, 0.1) is 11.3 Å². The van der Waals surface area contributed by atoms with Crippen molar-refractivity contribution in [2.75, 3.05) is 33.2 Å². The molecule has 18 heavy (non-hydrogen) atoms. The summed E-state index contributed by atoms with van der Waals surface area (Å²) < 4.78 is 0. The van der Waals surface area contributed by atoms with Gasteiger partial charge in [0.25, 0.3) is 0 Å². The summed E-state index contributed by atoms with van der Waals surface area (Å²) in [5.74, 6) is 0.783. The number of likely N-dealkylation sites (N-methyl/N-ethyl adjacent to an activating group) is 1. The van der Waals surface area contributed by atoms with Gasteiger partial charge in [-0.3, -0.25) is 9.69 Å². The number of piperazine rings is 1. The lowest BCUT2D eigenvalue weighted by Gasteiger charge is -2.41. The topological polar surface area (TPSA) is 23.6 Å². The Hall–Kier alpha value is -0.410. The van der Waals surface area contributed by atoms with Gasteiger partial charge in [-0.15, -0.1) is 0 Å². The molecule has 3 heteroatoms. The molecule has 104 valence electrons. The third kappa shape index (κ3) is 3.33. The van der Waals surface area contributed by atoms with E-state index in [-0.39, 0.29) is 5.92 Å². The quantitative estimate of drug-likeness (QED) is 0.751. The van der Waals surface area contributed by atoms with Crippen LogP contribution in [0.15, 0.2) is 0 Å². The molecule has 1 saturated carbocycles. The summed E-state index contributed by atoms with van der Waals surface area (Å²) in [5, 5.41) is 0. The molecule has 0 radical (unpaired) electrons. The highest BCUT2D eigenvalue weighted by molar-refractivity contribution is 5.82. The van der Waals surface area contributed by atoms with Crippen molar-refractivity contribution in [2.24, 2.45) is 11.3 Å². The highest BCUT2D eigenvalue weighted by Gasteiger charge is 2.35. The molecule has 2 aliphatic rings. The van der Waals surface area contributed by atoms with Crippen molar-refractivity contribution >= 4 is 5.78 Å². The SMILES string of the molecule is CC1CN(CC2CC(C)(C)CCC2=O)CCN1C. The molecule has 0 aromatic heterocycles. The van der Waals surface area contributed by atoms with E-state index in [1.54, 1.807) is 0 Å². The first-order valence-electron chi connectivity index (χ1n) is 7.33. The van der Waals surface area contributed by atoms with Gasteiger partial charge in [0.2, 0.25) is 0 Å². The number of rotatable bonds is 2. The lowest BCUT2D eigenvalue weighted by molar-refractivity contribution is -0.128. The molecule has 1 aliphatic carbocycles. The van der Waals surface area contributed by atoms with Gasteiger partial charge in [0, 0.05) is 44.6 Å². The van der Waals surface area contributed by atoms with Crippen LogP contribution in [0.25, 0.3) is 0 Å². The molecule has 0 aromatic rings. The van der Waals surface area contributed by atoms with Crippen LogP contribution in [0.2, 0.25) is 0 Å². The Morgan fingerprint density at radius 1 is 1.33 bits per heavy atom. The van der Waals surface area contributed by atoms with Gasteiger partial charge in [-0.2, -0.15) is 0 Å². The molecule has 1 aliphatic heterocycles. The van der Waals surface area contributed by atoms with Crippen LogP contribution in [-0.2, 0) is 4.79 Å². The third-order valence-electron chi connectivity index (χ3n) is 4.82. The van der Waals surface area contributed by atoms with Crippen LogP contribution in [0.3, 0.4) is 0 Å². The fourth-order valence-corrected chi connectivity index (χ4v) is 3.32. The summed E-state index contributed by atoms with van der Waals surface area (Å²) in [7, 11) is 2.19. The molecule has 0 amide bonds. The Morgan fingerprint density at radius 3 is 2.72 bits per heavy atom. The first-order valence-corrected chi connectivity index (χ1v) is 7.33. The van der Waals surface area contributed by atoms with E-state index in [1.165, 1.54) is 0 Å². The predicted octanol–water partition coefficient (Wildman–Crippen LogP) is 2.02. The molecule has 2 unspecified atom stereocenters. The zero-order valence-electron chi connectivity index (χ0n) is 12.4. The van der Waals surface area contributed by atoms with Crippen molar-refractivity contribution in [1.82, 2.24) is 9.80 Å². The van der Waals surface area contributed by atoms with E-state index in [4.69, 9.17) is 0 Å². The fraction of sp³-hybridized carbons (Fsp3) is 0.933. The van der Waals surface area contributed by atoms with Crippen LogP contribution in [0.4, 0.5) is 0 Å². The standard InChI is InChI=1S/C15H28N2O/c1-12-10-17(8-7-16(12)4)11-13-9-15(2,3)6-5-14(13)18/h12-13H,5-11H2,1-4H3. The minimum Gasteiger partial charge on any atom is -0.301 e. The second kappa shape index (κ2) is 5.30. The zero-order valence-corrected chi connectivity index (χ0v) is 12.4. The van der Waals surface area contributed by atoms with Crippen LogP contribution < -0.4 is 0 Å². The van der Waals surface area contributed by atoms with Gasteiger partial charge in [-0.05, 0) is 32.2 Å². The van der Waals surface area contributed by atoms with E-state index in [2.05, 4.69) is 37.6 Å². The zero-order chi connectivity index (χ0) is 13.3. The maximum Gasteiger partial charge on any atom is 0.137 e. The van der Waals surface area contributed by atoms with Gasteiger partial charge in [0.15, 0.2) is 0 Å². The van der Waals surface area contributed by atoms with E-state index >= 15 is 0 Å². The monoisotopic (exact) mass is 252 g/mol. The summed E-state index contributed by atoms with van der Waals surface area (Å²) >= 11 is 0. The number of hydrogen-bond donors (Lipinski definition) is 0. The second-order valence-corrected chi connectivity index (χ2v) is 7.12.